The average molecular weight is 429 g/mol. The summed E-state index contributed by atoms with van der Waals surface area (Å²) < 4.78 is 7.55. The first kappa shape index (κ1) is 21.6. The minimum absolute atomic E-state index is 0.217. The molecule has 0 aliphatic heterocycles. The van der Waals surface area contributed by atoms with Gasteiger partial charge in [-0.3, -0.25) is 4.79 Å². The molecule has 1 aromatic carbocycles. The molecule has 3 rings (SSSR count). The third-order valence-electron chi connectivity index (χ3n) is 4.33. The Morgan fingerprint density at radius 3 is 2.53 bits per heavy atom. The number of aromatic nitrogens is 4. The second-order valence-electron chi connectivity index (χ2n) is 7.35. The highest BCUT2D eigenvalue weighted by atomic mass is 35.5. The van der Waals surface area contributed by atoms with Gasteiger partial charge in [0, 0.05) is 29.9 Å². The SMILES string of the molecule is Cc1cc(C)n(-c2cc(NCCNC(=O)C(C)(C)Oc3ccc(Cl)cc3)ncn2)n1. The van der Waals surface area contributed by atoms with Crippen LogP contribution in [0.5, 0.6) is 5.75 Å². The van der Waals surface area contributed by atoms with Crippen LogP contribution in [0, 0.1) is 13.8 Å². The monoisotopic (exact) mass is 428 g/mol. The van der Waals surface area contributed by atoms with E-state index >= 15 is 0 Å². The summed E-state index contributed by atoms with van der Waals surface area (Å²) in [7, 11) is 0. The van der Waals surface area contributed by atoms with Crippen molar-refractivity contribution < 1.29 is 9.53 Å². The maximum atomic E-state index is 12.5. The summed E-state index contributed by atoms with van der Waals surface area (Å²) in [6.45, 7) is 8.25. The molecule has 0 saturated heterocycles. The lowest BCUT2D eigenvalue weighted by molar-refractivity contribution is -0.134. The minimum atomic E-state index is -1.02. The third kappa shape index (κ3) is 5.48. The van der Waals surface area contributed by atoms with Crippen molar-refractivity contribution in [2.75, 3.05) is 18.4 Å². The van der Waals surface area contributed by atoms with Gasteiger partial charge in [-0.2, -0.15) is 5.10 Å². The average Bonchev–Trinajstić information content (AvgIpc) is 3.05. The first-order valence-electron chi connectivity index (χ1n) is 9.57. The van der Waals surface area contributed by atoms with E-state index in [-0.39, 0.29) is 5.91 Å². The summed E-state index contributed by atoms with van der Waals surface area (Å²) >= 11 is 5.88. The number of rotatable bonds is 8. The van der Waals surface area contributed by atoms with Crippen LogP contribution < -0.4 is 15.4 Å². The van der Waals surface area contributed by atoms with E-state index in [0.717, 1.165) is 11.4 Å². The number of hydrogen-bond acceptors (Lipinski definition) is 6. The Labute approximate surface area is 180 Å². The molecular weight excluding hydrogens is 404 g/mol. The number of carbonyl (C=O) groups excluding carboxylic acids is 1. The number of ether oxygens (including phenoxy) is 1. The van der Waals surface area contributed by atoms with Gasteiger partial charge in [-0.05, 0) is 58.0 Å². The highest BCUT2D eigenvalue weighted by molar-refractivity contribution is 6.30. The highest BCUT2D eigenvalue weighted by Gasteiger charge is 2.29. The van der Waals surface area contributed by atoms with Gasteiger partial charge in [-0.15, -0.1) is 0 Å². The van der Waals surface area contributed by atoms with Gasteiger partial charge in [0.1, 0.15) is 17.9 Å². The maximum Gasteiger partial charge on any atom is 0.263 e. The van der Waals surface area contributed by atoms with E-state index < -0.39 is 5.60 Å². The molecule has 0 fully saturated rings. The van der Waals surface area contributed by atoms with Crippen molar-refractivity contribution in [3.05, 3.63) is 59.1 Å². The molecule has 1 amide bonds. The van der Waals surface area contributed by atoms with Crippen LogP contribution in [0.25, 0.3) is 5.82 Å². The molecule has 2 heterocycles. The van der Waals surface area contributed by atoms with Gasteiger partial charge in [0.2, 0.25) is 0 Å². The zero-order valence-corrected chi connectivity index (χ0v) is 18.2. The molecule has 0 saturated carbocycles. The number of nitrogens with one attached hydrogen (secondary N) is 2. The van der Waals surface area contributed by atoms with Gasteiger partial charge < -0.3 is 15.4 Å². The number of aryl methyl sites for hydroxylation is 2. The number of benzene rings is 1. The number of nitrogens with zero attached hydrogens (tertiary/aromatic N) is 4. The number of amides is 1. The largest absolute Gasteiger partial charge is 0.478 e. The van der Waals surface area contributed by atoms with E-state index in [0.29, 0.717) is 35.5 Å². The Morgan fingerprint density at radius 1 is 1.13 bits per heavy atom. The lowest BCUT2D eigenvalue weighted by Gasteiger charge is -2.25. The fourth-order valence-corrected chi connectivity index (χ4v) is 2.97. The van der Waals surface area contributed by atoms with E-state index in [1.165, 1.54) is 6.33 Å². The normalized spacial score (nSPS) is 11.2. The summed E-state index contributed by atoms with van der Waals surface area (Å²) in [5, 5.41) is 11.1. The molecule has 0 aliphatic carbocycles. The van der Waals surface area contributed by atoms with Crippen LogP contribution >= 0.6 is 11.6 Å². The molecule has 158 valence electrons. The Morgan fingerprint density at radius 2 is 1.87 bits per heavy atom. The van der Waals surface area contributed by atoms with Crippen LogP contribution in [-0.2, 0) is 4.79 Å². The number of carbonyl (C=O) groups is 1. The molecule has 0 atom stereocenters. The van der Waals surface area contributed by atoms with Crippen LogP contribution in [0.3, 0.4) is 0 Å². The van der Waals surface area contributed by atoms with Crippen molar-refractivity contribution in [1.82, 2.24) is 25.1 Å². The van der Waals surface area contributed by atoms with Gasteiger partial charge >= 0.3 is 0 Å². The molecule has 0 aliphatic rings. The summed E-state index contributed by atoms with van der Waals surface area (Å²) in [6, 6.07) is 10.7. The van der Waals surface area contributed by atoms with Crippen molar-refractivity contribution in [3.8, 4) is 11.6 Å². The van der Waals surface area contributed by atoms with Crippen molar-refractivity contribution in [2.24, 2.45) is 0 Å². The predicted molar refractivity (Wildman–Crippen MR) is 116 cm³/mol. The summed E-state index contributed by atoms with van der Waals surface area (Å²) in [5.74, 6) is 1.69. The van der Waals surface area contributed by atoms with Crippen molar-refractivity contribution in [2.45, 2.75) is 33.3 Å². The van der Waals surface area contributed by atoms with Gasteiger partial charge in [0.15, 0.2) is 11.4 Å². The lowest BCUT2D eigenvalue weighted by atomic mass is 10.1. The van der Waals surface area contributed by atoms with Crippen LogP contribution in [0.4, 0.5) is 5.82 Å². The summed E-state index contributed by atoms with van der Waals surface area (Å²) in [4.78, 5) is 21.0. The van der Waals surface area contributed by atoms with Crippen LogP contribution in [0.1, 0.15) is 25.2 Å². The predicted octanol–water partition coefficient (Wildman–Crippen LogP) is 3.32. The van der Waals surface area contributed by atoms with Crippen molar-refractivity contribution in [3.63, 3.8) is 0 Å². The summed E-state index contributed by atoms with van der Waals surface area (Å²) in [6.07, 6.45) is 1.48. The van der Waals surface area contributed by atoms with E-state index in [2.05, 4.69) is 25.7 Å². The zero-order valence-electron chi connectivity index (χ0n) is 17.4. The molecule has 0 spiro atoms. The number of hydrogen-bond donors (Lipinski definition) is 2. The van der Waals surface area contributed by atoms with Crippen LogP contribution in [0.2, 0.25) is 5.02 Å². The maximum absolute atomic E-state index is 12.5. The molecular formula is C21H25ClN6O2. The second kappa shape index (κ2) is 9.13. The molecule has 9 heteroatoms. The van der Waals surface area contributed by atoms with Gasteiger partial charge in [0.25, 0.3) is 5.91 Å². The van der Waals surface area contributed by atoms with E-state index in [4.69, 9.17) is 16.3 Å². The smallest absolute Gasteiger partial charge is 0.263 e. The quantitative estimate of drug-likeness (QED) is 0.534. The zero-order chi connectivity index (χ0) is 21.7. The number of halogens is 1. The van der Waals surface area contributed by atoms with Crippen LogP contribution in [-0.4, -0.2) is 44.3 Å². The van der Waals surface area contributed by atoms with Gasteiger partial charge in [-0.25, -0.2) is 14.6 Å². The summed E-state index contributed by atoms with van der Waals surface area (Å²) in [5.41, 5.74) is 0.893. The first-order valence-corrected chi connectivity index (χ1v) is 9.95. The molecule has 8 nitrogen and oxygen atoms in total. The molecule has 2 aromatic heterocycles. The van der Waals surface area contributed by atoms with Crippen LogP contribution in [0.15, 0.2) is 42.7 Å². The Bertz CT molecular complexity index is 1020. The van der Waals surface area contributed by atoms with Gasteiger partial charge in [0.05, 0.1) is 5.69 Å². The topological polar surface area (TPSA) is 94.0 Å². The molecule has 3 aromatic rings. The molecule has 0 bridgehead atoms. The second-order valence-corrected chi connectivity index (χ2v) is 7.79. The number of anilines is 1. The Kier molecular flexibility index (Phi) is 6.56. The molecule has 0 radical (unpaired) electrons. The standard InChI is InChI=1S/C21H25ClN6O2/c1-14-11-15(2)28(27-14)19-12-18(25-13-26-19)23-9-10-24-20(29)21(3,4)30-17-7-5-16(22)6-8-17/h5-8,11-13H,9-10H2,1-4H3,(H,24,29)(H,23,25,26). The van der Waals surface area contributed by atoms with Gasteiger partial charge in [-0.1, -0.05) is 11.6 Å². The Balaban J connectivity index is 1.50. The molecule has 30 heavy (non-hydrogen) atoms. The molecule has 0 unspecified atom stereocenters. The van der Waals surface area contributed by atoms with E-state index in [1.807, 2.05) is 26.0 Å². The Hall–Kier alpha value is -3.13. The lowest BCUT2D eigenvalue weighted by Crippen LogP contribution is -2.47. The third-order valence-corrected chi connectivity index (χ3v) is 4.58. The molecule has 2 N–H and O–H groups in total. The van der Waals surface area contributed by atoms with Crippen molar-refractivity contribution in [1.29, 1.82) is 0 Å². The van der Waals surface area contributed by atoms with Crippen molar-refractivity contribution >= 4 is 23.3 Å². The first-order chi connectivity index (χ1) is 14.2. The van der Waals surface area contributed by atoms with E-state index in [1.54, 1.807) is 42.8 Å². The minimum Gasteiger partial charge on any atom is -0.478 e. The van der Waals surface area contributed by atoms with E-state index in [9.17, 15) is 4.79 Å². The highest BCUT2D eigenvalue weighted by Crippen LogP contribution is 2.21. The fraction of sp³-hybridized carbons (Fsp3) is 0.333. The fourth-order valence-electron chi connectivity index (χ4n) is 2.84.